The summed E-state index contributed by atoms with van der Waals surface area (Å²) in [6, 6.07) is 1.19. The summed E-state index contributed by atoms with van der Waals surface area (Å²) in [6.45, 7) is 1.45. The predicted octanol–water partition coefficient (Wildman–Crippen LogP) is -0.508. The second-order valence-corrected chi connectivity index (χ2v) is 5.56. The van der Waals surface area contributed by atoms with Crippen molar-refractivity contribution >= 4 is 11.9 Å². The summed E-state index contributed by atoms with van der Waals surface area (Å²) in [5.41, 5.74) is 6.02. The third-order valence-corrected chi connectivity index (χ3v) is 4.44. The number of piperidine rings is 1. The highest BCUT2D eigenvalue weighted by Crippen LogP contribution is 2.34. The molecular formula is C12H20N4O2. The first-order chi connectivity index (χ1) is 8.65. The summed E-state index contributed by atoms with van der Waals surface area (Å²) in [4.78, 5) is 26.7. The Hall–Kier alpha value is -1.14. The monoisotopic (exact) mass is 252 g/mol. The van der Waals surface area contributed by atoms with Crippen LogP contribution in [0.15, 0.2) is 0 Å². The highest BCUT2D eigenvalue weighted by atomic mass is 16.2. The first kappa shape index (κ1) is 11.9. The normalized spacial score (nSPS) is 36.3. The molecular weight excluding hydrogens is 232 g/mol. The number of nitrogens with one attached hydrogen (secondary N) is 1. The number of urea groups is 1. The number of imide groups is 1. The molecule has 0 spiro atoms. The van der Waals surface area contributed by atoms with Gasteiger partial charge in [-0.1, -0.05) is 0 Å². The minimum atomic E-state index is -0.249. The molecule has 3 N–H and O–H groups in total. The molecule has 2 bridgehead atoms. The number of rotatable bonds is 3. The highest BCUT2D eigenvalue weighted by Gasteiger charge is 2.40. The third kappa shape index (κ3) is 1.99. The van der Waals surface area contributed by atoms with Crippen molar-refractivity contribution in [3.8, 4) is 0 Å². The first-order valence-electron chi connectivity index (χ1n) is 6.74. The van der Waals surface area contributed by atoms with Gasteiger partial charge < -0.3 is 11.1 Å². The minimum Gasteiger partial charge on any atom is -0.329 e. The van der Waals surface area contributed by atoms with Crippen LogP contribution in [0.25, 0.3) is 0 Å². The summed E-state index contributed by atoms with van der Waals surface area (Å²) >= 11 is 0. The Kier molecular flexibility index (Phi) is 2.99. The summed E-state index contributed by atoms with van der Waals surface area (Å²) in [5.74, 6) is -0.110. The van der Waals surface area contributed by atoms with Gasteiger partial charge in [-0.05, 0) is 25.7 Å². The SMILES string of the molecule is NC1CC2CCC(C1)N2CCN1C(=O)CNC1=O. The Morgan fingerprint density at radius 1 is 1.17 bits per heavy atom. The second kappa shape index (κ2) is 4.51. The lowest BCUT2D eigenvalue weighted by atomic mass is 9.98. The van der Waals surface area contributed by atoms with Crippen LogP contribution in [0.3, 0.4) is 0 Å². The molecule has 3 aliphatic rings. The molecule has 0 radical (unpaired) electrons. The van der Waals surface area contributed by atoms with Crippen LogP contribution in [0.5, 0.6) is 0 Å². The maximum atomic E-state index is 11.5. The van der Waals surface area contributed by atoms with Crippen molar-refractivity contribution in [2.24, 2.45) is 5.73 Å². The maximum absolute atomic E-state index is 11.5. The molecule has 3 amide bonds. The zero-order valence-corrected chi connectivity index (χ0v) is 10.5. The van der Waals surface area contributed by atoms with Crippen molar-refractivity contribution < 1.29 is 9.59 Å². The summed E-state index contributed by atoms with van der Waals surface area (Å²) in [6.07, 6.45) is 4.52. The van der Waals surface area contributed by atoms with Crippen molar-refractivity contribution in [1.82, 2.24) is 15.1 Å². The van der Waals surface area contributed by atoms with Crippen LogP contribution in [-0.2, 0) is 4.79 Å². The standard InChI is InChI=1S/C12H20N4O2/c13-8-5-9-1-2-10(6-8)15(9)3-4-16-11(17)7-14-12(16)18/h8-10H,1-7,13H2,(H,14,18). The van der Waals surface area contributed by atoms with Crippen LogP contribution in [-0.4, -0.2) is 59.5 Å². The number of nitrogens with two attached hydrogens (primary N) is 1. The number of amides is 3. The lowest BCUT2D eigenvalue weighted by Crippen LogP contribution is -2.50. The van der Waals surface area contributed by atoms with Crippen molar-refractivity contribution in [1.29, 1.82) is 0 Å². The summed E-state index contributed by atoms with van der Waals surface area (Å²) < 4.78 is 0. The molecule has 3 aliphatic heterocycles. The Bertz CT molecular complexity index is 343. The molecule has 0 aromatic carbocycles. The van der Waals surface area contributed by atoms with Gasteiger partial charge in [-0.3, -0.25) is 14.6 Å². The largest absolute Gasteiger partial charge is 0.329 e. The molecule has 0 aliphatic carbocycles. The molecule has 2 atom stereocenters. The lowest BCUT2D eigenvalue weighted by molar-refractivity contribution is -0.125. The molecule has 3 rings (SSSR count). The number of nitrogens with zero attached hydrogens (tertiary/aromatic N) is 2. The zero-order chi connectivity index (χ0) is 12.7. The van der Waals surface area contributed by atoms with Crippen LogP contribution in [0, 0.1) is 0 Å². The Morgan fingerprint density at radius 2 is 1.83 bits per heavy atom. The molecule has 6 nitrogen and oxygen atoms in total. The van der Waals surface area contributed by atoms with E-state index in [1.54, 1.807) is 0 Å². The van der Waals surface area contributed by atoms with Gasteiger partial charge in [-0.25, -0.2) is 4.79 Å². The van der Waals surface area contributed by atoms with E-state index in [2.05, 4.69) is 10.2 Å². The quantitative estimate of drug-likeness (QED) is 0.663. The smallest absolute Gasteiger partial charge is 0.324 e. The molecule has 6 heteroatoms. The summed E-state index contributed by atoms with van der Waals surface area (Å²) in [7, 11) is 0. The topological polar surface area (TPSA) is 78.7 Å². The van der Waals surface area contributed by atoms with Gasteiger partial charge in [0.2, 0.25) is 5.91 Å². The number of carbonyl (C=O) groups is 2. The van der Waals surface area contributed by atoms with Gasteiger partial charge in [0.05, 0.1) is 6.54 Å². The van der Waals surface area contributed by atoms with Gasteiger partial charge in [0.25, 0.3) is 0 Å². The Labute approximate surface area is 106 Å². The van der Waals surface area contributed by atoms with Gasteiger partial charge in [-0.2, -0.15) is 0 Å². The van der Waals surface area contributed by atoms with E-state index in [0.717, 1.165) is 19.4 Å². The minimum absolute atomic E-state index is 0.110. The third-order valence-electron chi connectivity index (χ3n) is 4.44. The van der Waals surface area contributed by atoms with Crippen LogP contribution in [0.1, 0.15) is 25.7 Å². The number of carbonyl (C=O) groups excluding carboxylic acids is 2. The average Bonchev–Trinajstić information content (AvgIpc) is 2.76. The average molecular weight is 252 g/mol. The molecule has 3 saturated heterocycles. The fourth-order valence-electron chi connectivity index (χ4n) is 3.58. The van der Waals surface area contributed by atoms with Crippen molar-refractivity contribution in [2.75, 3.05) is 19.6 Å². The van der Waals surface area contributed by atoms with Gasteiger partial charge in [0.1, 0.15) is 0 Å². The molecule has 3 fully saturated rings. The maximum Gasteiger partial charge on any atom is 0.324 e. The molecule has 0 aromatic rings. The molecule has 3 heterocycles. The first-order valence-corrected chi connectivity index (χ1v) is 6.74. The molecule has 18 heavy (non-hydrogen) atoms. The van der Waals surface area contributed by atoms with E-state index in [9.17, 15) is 9.59 Å². The van der Waals surface area contributed by atoms with Crippen molar-refractivity contribution in [3.63, 3.8) is 0 Å². The van der Waals surface area contributed by atoms with E-state index >= 15 is 0 Å². The molecule has 100 valence electrons. The lowest BCUT2D eigenvalue weighted by Gasteiger charge is -2.38. The van der Waals surface area contributed by atoms with E-state index < -0.39 is 0 Å². The molecule has 0 saturated carbocycles. The Morgan fingerprint density at radius 3 is 2.39 bits per heavy atom. The van der Waals surface area contributed by atoms with Crippen LogP contribution in [0.2, 0.25) is 0 Å². The van der Waals surface area contributed by atoms with E-state index in [0.29, 0.717) is 24.7 Å². The predicted molar refractivity (Wildman–Crippen MR) is 65.8 cm³/mol. The van der Waals surface area contributed by atoms with E-state index in [1.807, 2.05) is 0 Å². The number of hydrogen-bond acceptors (Lipinski definition) is 4. The van der Waals surface area contributed by atoms with Crippen molar-refractivity contribution in [3.05, 3.63) is 0 Å². The second-order valence-electron chi connectivity index (χ2n) is 5.56. The van der Waals surface area contributed by atoms with Crippen molar-refractivity contribution in [2.45, 2.75) is 43.8 Å². The van der Waals surface area contributed by atoms with E-state index in [-0.39, 0.29) is 18.5 Å². The number of fused-ring (bicyclic) bond motifs is 2. The van der Waals surface area contributed by atoms with E-state index in [4.69, 9.17) is 5.73 Å². The van der Waals surface area contributed by atoms with Gasteiger partial charge in [-0.15, -0.1) is 0 Å². The zero-order valence-electron chi connectivity index (χ0n) is 10.5. The van der Waals surface area contributed by atoms with Gasteiger partial charge in [0, 0.05) is 31.2 Å². The van der Waals surface area contributed by atoms with Gasteiger partial charge in [0.15, 0.2) is 0 Å². The van der Waals surface area contributed by atoms with Gasteiger partial charge >= 0.3 is 6.03 Å². The van der Waals surface area contributed by atoms with Crippen LogP contribution >= 0.6 is 0 Å². The molecule has 0 aromatic heterocycles. The van der Waals surface area contributed by atoms with Crippen LogP contribution < -0.4 is 11.1 Å². The number of hydrogen-bond donors (Lipinski definition) is 2. The summed E-state index contributed by atoms with van der Waals surface area (Å²) in [5, 5.41) is 2.55. The fraction of sp³-hybridized carbons (Fsp3) is 0.833. The van der Waals surface area contributed by atoms with Crippen LogP contribution in [0.4, 0.5) is 4.79 Å². The fourth-order valence-corrected chi connectivity index (χ4v) is 3.58. The Balaban J connectivity index is 1.58. The molecule has 2 unspecified atom stereocenters. The van der Waals surface area contributed by atoms with E-state index in [1.165, 1.54) is 17.7 Å². The highest BCUT2D eigenvalue weighted by molar-refractivity contribution is 6.01.